The monoisotopic (exact) mass is 404 g/mol. The summed E-state index contributed by atoms with van der Waals surface area (Å²) in [5.41, 5.74) is 1.37. The summed E-state index contributed by atoms with van der Waals surface area (Å²) in [4.78, 5) is 1.45. The fourth-order valence-corrected chi connectivity index (χ4v) is 5.03. The third kappa shape index (κ3) is 14.6. The van der Waals surface area contributed by atoms with Crippen molar-refractivity contribution in [2.75, 3.05) is 5.75 Å². The van der Waals surface area contributed by atoms with Crippen molar-refractivity contribution in [3.8, 4) is 0 Å². The van der Waals surface area contributed by atoms with Gasteiger partial charge in [-0.15, -0.1) is 11.8 Å². The highest BCUT2D eigenvalue weighted by molar-refractivity contribution is 7.99. The van der Waals surface area contributed by atoms with Crippen LogP contribution in [0.3, 0.4) is 0 Å². The standard InChI is InChI=1S/C27H48S/c1-4-6-8-10-12-13-15-17-19-26(18-16-14-11-9-7-5-2)24-28-27-22-20-25(3)21-23-27/h20-23,26H,4-19,24H2,1-3H3. The highest BCUT2D eigenvalue weighted by Crippen LogP contribution is 2.27. The lowest BCUT2D eigenvalue weighted by molar-refractivity contribution is 0.436. The van der Waals surface area contributed by atoms with Gasteiger partial charge in [-0.3, -0.25) is 0 Å². The highest BCUT2D eigenvalue weighted by Gasteiger charge is 2.10. The zero-order valence-electron chi connectivity index (χ0n) is 19.3. The van der Waals surface area contributed by atoms with Crippen molar-refractivity contribution in [2.45, 2.75) is 128 Å². The molecule has 0 saturated heterocycles. The van der Waals surface area contributed by atoms with E-state index in [2.05, 4.69) is 56.8 Å². The van der Waals surface area contributed by atoms with Gasteiger partial charge >= 0.3 is 0 Å². The summed E-state index contributed by atoms with van der Waals surface area (Å²) in [5, 5.41) is 0. The molecule has 0 heterocycles. The lowest BCUT2D eigenvalue weighted by Crippen LogP contribution is -2.04. The molecule has 0 fully saturated rings. The maximum absolute atomic E-state index is 2.31. The minimum atomic E-state index is 0.914. The first kappa shape index (κ1) is 25.6. The molecule has 0 saturated carbocycles. The van der Waals surface area contributed by atoms with E-state index in [1.165, 1.54) is 119 Å². The normalized spacial score (nSPS) is 12.4. The summed E-state index contributed by atoms with van der Waals surface area (Å²) < 4.78 is 0. The van der Waals surface area contributed by atoms with Crippen LogP contribution in [0, 0.1) is 12.8 Å². The topological polar surface area (TPSA) is 0 Å². The second kappa shape index (κ2) is 18.6. The molecule has 1 unspecified atom stereocenters. The Balaban J connectivity index is 2.24. The van der Waals surface area contributed by atoms with Gasteiger partial charge < -0.3 is 0 Å². The molecule has 0 amide bonds. The van der Waals surface area contributed by atoms with Crippen LogP contribution in [0.2, 0.25) is 0 Å². The van der Waals surface area contributed by atoms with Crippen molar-refractivity contribution >= 4 is 11.8 Å². The molecule has 0 aliphatic rings. The Bertz CT molecular complexity index is 436. The molecule has 0 aromatic heterocycles. The summed E-state index contributed by atoms with van der Waals surface area (Å²) in [6.45, 7) is 6.79. The third-order valence-corrected chi connectivity index (χ3v) is 7.18. The van der Waals surface area contributed by atoms with Crippen molar-refractivity contribution < 1.29 is 0 Å². The number of aryl methyl sites for hydroxylation is 1. The predicted molar refractivity (Wildman–Crippen MR) is 131 cm³/mol. The Morgan fingerprint density at radius 1 is 0.607 bits per heavy atom. The third-order valence-electron chi connectivity index (χ3n) is 5.94. The van der Waals surface area contributed by atoms with E-state index in [9.17, 15) is 0 Å². The SMILES string of the molecule is CCCCCCCCCCC(CCCCCCCC)CSc1ccc(C)cc1. The molecule has 1 aromatic rings. The van der Waals surface area contributed by atoms with Gasteiger partial charge in [-0.25, -0.2) is 0 Å². The van der Waals surface area contributed by atoms with Crippen LogP contribution in [0.5, 0.6) is 0 Å². The molecule has 162 valence electrons. The zero-order valence-corrected chi connectivity index (χ0v) is 20.1. The minimum Gasteiger partial charge on any atom is -0.126 e. The summed E-state index contributed by atoms with van der Waals surface area (Å²) in [6, 6.07) is 9.11. The van der Waals surface area contributed by atoms with Crippen LogP contribution in [0.25, 0.3) is 0 Å². The average Bonchev–Trinajstić information content (AvgIpc) is 2.71. The first-order valence-electron chi connectivity index (χ1n) is 12.5. The number of thioether (sulfide) groups is 1. The van der Waals surface area contributed by atoms with Crippen molar-refractivity contribution in [1.82, 2.24) is 0 Å². The second-order valence-corrected chi connectivity index (χ2v) is 9.90. The summed E-state index contributed by atoms with van der Waals surface area (Å²) >= 11 is 2.09. The van der Waals surface area contributed by atoms with E-state index in [0.717, 1.165) is 5.92 Å². The van der Waals surface area contributed by atoms with Gasteiger partial charge in [-0.2, -0.15) is 0 Å². The van der Waals surface area contributed by atoms with E-state index in [1.807, 2.05) is 0 Å². The number of benzene rings is 1. The lowest BCUT2D eigenvalue weighted by Gasteiger charge is -2.17. The van der Waals surface area contributed by atoms with Gasteiger partial charge in [0.15, 0.2) is 0 Å². The van der Waals surface area contributed by atoms with Gasteiger partial charge in [0.05, 0.1) is 0 Å². The smallest absolute Gasteiger partial charge is 0.00722 e. The van der Waals surface area contributed by atoms with Crippen LogP contribution in [-0.4, -0.2) is 5.75 Å². The Labute approximate surface area is 181 Å². The number of rotatable bonds is 19. The molecule has 0 aliphatic heterocycles. The maximum Gasteiger partial charge on any atom is 0.00722 e. The molecular weight excluding hydrogens is 356 g/mol. The Morgan fingerprint density at radius 2 is 1.04 bits per heavy atom. The number of unbranched alkanes of at least 4 members (excludes halogenated alkanes) is 12. The molecule has 28 heavy (non-hydrogen) atoms. The predicted octanol–water partition coefficient (Wildman–Crippen LogP) is 9.98. The number of hydrogen-bond donors (Lipinski definition) is 0. The summed E-state index contributed by atoms with van der Waals surface area (Å²) in [7, 11) is 0. The van der Waals surface area contributed by atoms with Crippen molar-refractivity contribution in [3.05, 3.63) is 29.8 Å². The van der Waals surface area contributed by atoms with E-state index in [1.54, 1.807) is 0 Å². The second-order valence-electron chi connectivity index (χ2n) is 8.81. The molecule has 1 rings (SSSR count). The average molecular weight is 405 g/mol. The van der Waals surface area contributed by atoms with Crippen LogP contribution in [0.4, 0.5) is 0 Å². The lowest BCUT2D eigenvalue weighted by atomic mass is 9.95. The Hall–Kier alpha value is -0.430. The molecule has 1 heteroatoms. The molecule has 1 atom stereocenters. The van der Waals surface area contributed by atoms with E-state index in [0.29, 0.717) is 0 Å². The molecule has 0 nitrogen and oxygen atoms in total. The van der Waals surface area contributed by atoms with Gasteiger partial charge in [-0.05, 0) is 37.8 Å². The van der Waals surface area contributed by atoms with Crippen LogP contribution >= 0.6 is 11.8 Å². The van der Waals surface area contributed by atoms with Crippen LogP contribution in [0.15, 0.2) is 29.2 Å². The molecule has 0 bridgehead atoms. The Kier molecular flexibility index (Phi) is 17.0. The van der Waals surface area contributed by atoms with Crippen LogP contribution < -0.4 is 0 Å². The van der Waals surface area contributed by atoms with E-state index < -0.39 is 0 Å². The van der Waals surface area contributed by atoms with Gasteiger partial charge in [0, 0.05) is 10.6 Å². The zero-order chi connectivity index (χ0) is 20.3. The first-order valence-corrected chi connectivity index (χ1v) is 13.4. The van der Waals surface area contributed by atoms with Crippen LogP contribution in [-0.2, 0) is 0 Å². The van der Waals surface area contributed by atoms with Crippen molar-refractivity contribution in [3.63, 3.8) is 0 Å². The molecule has 0 spiro atoms. The minimum absolute atomic E-state index is 0.914. The quantitative estimate of drug-likeness (QED) is 0.163. The van der Waals surface area contributed by atoms with E-state index >= 15 is 0 Å². The summed E-state index contributed by atoms with van der Waals surface area (Å²) in [5.74, 6) is 2.23. The van der Waals surface area contributed by atoms with Gasteiger partial charge in [0.25, 0.3) is 0 Å². The van der Waals surface area contributed by atoms with E-state index in [-0.39, 0.29) is 0 Å². The first-order chi connectivity index (χ1) is 13.8. The highest BCUT2D eigenvalue weighted by atomic mass is 32.2. The molecule has 0 radical (unpaired) electrons. The maximum atomic E-state index is 2.31. The fraction of sp³-hybridized carbons (Fsp3) is 0.778. The largest absolute Gasteiger partial charge is 0.126 e. The van der Waals surface area contributed by atoms with Gasteiger partial charge in [-0.1, -0.05) is 121 Å². The molecule has 0 aliphatic carbocycles. The molecule has 1 aromatic carbocycles. The molecule has 0 N–H and O–H groups in total. The van der Waals surface area contributed by atoms with Crippen molar-refractivity contribution in [1.29, 1.82) is 0 Å². The van der Waals surface area contributed by atoms with Crippen LogP contribution in [0.1, 0.15) is 122 Å². The van der Waals surface area contributed by atoms with E-state index in [4.69, 9.17) is 0 Å². The fourth-order valence-electron chi connectivity index (χ4n) is 3.94. The molecular formula is C27H48S. The summed E-state index contributed by atoms with van der Waals surface area (Å²) in [6.07, 6.45) is 23.0. The van der Waals surface area contributed by atoms with Gasteiger partial charge in [0.1, 0.15) is 0 Å². The number of hydrogen-bond acceptors (Lipinski definition) is 1. The van der Waals surface area contributed by atoms with Gasteiger partial charge in [0.2, 0.25) is 0 Å². The Morgan fingerprint density at radius 3 is 1.50 bits per heavy atom. The van der Waals surface area contributed by atoms with Crippen molar-refractivity contribution in [2.24, 2.45) is 5.92 Å².